The summed E-state index contributed by atoms with van der Waals surface area (Å²) in [5.74, 6) is 0.411. The number of rotatable bonds is 3. The summed E-state index contributed by atoms with van der Waals surface area (Å²) in [6.07, 6.45) is 1.63. The molecule has 1 aromatic carbocycles. The maximum atomic E-state index is 11.0. The second kappa shape index (κ2) is 3.86. The molecule has 0 atom stereocenters. The van der Waals surface area contributed by atoms with Crippen molar-refractivity contribution in [1.82, 2.24) is 4.98 Å². The Morgan fingerprint density at radius 2 is 2.24 bits per heavy atom. The van der Waals surface area contributed by atoms with Crippen molar-refractivity contribution >= 4 is 16.8 Å². The molecular formula is C12H10N2O3. The lowest BCUT2D eigenvalue weighted by Crippen LogP contribution is -1.97. The van der Waals surface area contributed by atoms with E-state index >= 15 is 0 Å². The molecule has 0 aliphatic carbocycles. The molecule has 0 spiro atoms. The number of aromatic nitrogens is 1. The first-order valence-corrected chi connectivity index (χ1v) is 5.20. The second-order valence-corrected chi connectivity index (χ2v) is 3.66. The van der Waals surface area contributed by atoms with Crippen molar-refractivity contribution in [3.8, 4) is 0 Å². The topological polar surface area (TPSA) is 71.2 Å². The first kappa shape index (κ1) is 9.77. The predicted molar refractivity (Wildman–Crippen MR) is 62.9 cm³/mol. The van der Waals surface area contributed by atoms with Gasteiger partial charge in [-0.25, -0.2) is 4.79 Å². The minimum Gasteiger partial charge on any atom is -0.467 e. The molecule has 0 bridgehead atoms. The highest BCUT2D eigenvalue weighted by Gasteiger charge is 2.02. The van der Waals surface area contributed by atoms with Gasteiger partial charge in [0.05, 0.1) is 18.3 Å². The monoisotopic (exact) mass is 230 g/mol. The van der Waals surface area contributed by atoms with Crippen LogP contribution in [0.2, 0.25) is 0 Å². The number of hydrogen-bond donors (Lipinski definition) is 2. The van der Waals surface area contributed by atoms with E-state index in [0.717, 1.165) is 11.4 Å². The van der Waals surface area contributed by atoms with Crippen molar-refractivity contribution < 1.29 is 8.83 Å². The Balaban J connectivity index is 1.83. The minimum atomic E-state index is -0.441. The van der Waals surface area contributed by atoms with Crippen molar-refractivity contribution in [3.05, 3.63) is 52.9 Å². The predicted octanol–water partition coefficient (Wildman–Crippen LogP) is 2.33. The van der Waals surface area contributed by atoms with Gasteiger partial charge in [-0.15, -0.1) is 0 Å². The van der Waals surface area contributed by atoms with Gasteiger partial charge in [0.25, 0.3) is 0 Å². The Bertz CT molecular complexity index is 679. The van der Waals surface area contributed by atoms with Gasteiger partial charge in [-0.3, -0.25) is 4.98 Å². The Morgan fingerprint density at radius 3 is 3.06 bits per heavy atom. The van der Waals surface area contributed by atoms with Crippen LogP contribution < -0.4 is 11.1 Å². The Morgan fingerprint density at radius 1 is 1.29 bits per heavy atom. The number of oxazole rings is 1. The van der Waals surface area contributed by atoms with Gasteiger partial charge in [0, 0.05) is 5.69 Å². The molecule has 17 heavy (non-hydrogen) atoms. The van der Waals surface area contributed by atoms with Gasteiger partial charge in [-0.1, -0.05) is 0 Å². The summed E-state index contributed by atoms with van der Waals surface area (Å²) >= 11 is 0. The third-order valence-electron chi connectivity index (χ3n) is 2.47. The quantitative estimate of drug-likeness (QED) is 0.724. The molecule has 2 aromatic heterocycles. The van der Waals surface area contributed by atoms with Gasteiger partial charge in [-0.2, -0.15) is 0 Å². The van der Waals surface area contributed by atoms with E-state index in [-0.39, 0.29) is 0 Å². The summed E-state index contributed by atoms with van der Waals surface area (Å²) in [5.41, 5.74) is 2.13. The zero-order chi connectivity index (χ0) is 11.7. The zero-order valence-electron chi connectivity index (χ0n) is 8.90. The first-order chi connectivity index (χ1) is 8.31. The van der Waals surface area contributed by atoms with E-state index in [2.05, 4.69) is 10.3 Å². The lowest BCUT2D eigenvalue weighted by molar-refractivity contribution is 0.518. The van der Waals surface area contributed by atoms with E-state index in [4.69, 9.17) is 8.83 Å². The molecule has 5 heteroatoms. The average molecular weight is 230 g/mol. The molecule has 0 unspecified atom stereocenters. The van der Waals surface area contributed by atoms with Gasteiger partial charge in [0.1, 0.15) is 5.76 Å². The summed E-state index contributed by atoms with van der Waals surface area (Å²) in [4.78, 5) is 13.6. The number of benzene rings is 1. The van der Waals surface area contributed by atoms with E-state index in [9.17, 15) is 4.79 Å². The molecule has 5 nitrogen and oxygen atoms in total. The number of furan rings is 1. The maximum absolute atomic E-state index is 11.0. The highest BCUT2D eigenvalue weighted by Crippen LogP contribution is 2.16. The van der Waals surface area contributed by atoms with Crippen molar-refractivity contribution in [2.24, 2.45) is 0 Å². The second-order valence-electron chi connectivity index (χ2n) is 3.66. The van der Waals surface area contributed by atoms with Gasteiger partial charge in [0.15, 0.2) is 5.58 Å². The largest absolute Gasteiger partial charge is 0.467 e. The van der Waals surface area contributed by atoms with E-state index in [1.54, 1.807) is 12.3 Å². The van der Waals surface area contributed by atoms with Crippen LogP contribution in [0.1, 0.15) is 5.76 Å². The summed E-state index contributed by atoms with van der Waals surface area (Å²) in [5, 5.41) is 3.19. The van der Waals surface area contributed by atoms with E-state index < -0.39 is 5.76 Å². The summed E-state index contributed by atoms with van der Waals surface area (Å²) < 4.78 is 10.1. The SMILES string of the molecule is O=c1[nH]c2cc(NCc3ccco3)ccc2o1. The highest BCUT2D eigenvalue weighted by molar-refractivity contribution is 5.76. The highest BCUT2D eigenvalue weighted by atomic mass is 16.4. The standard InChI is InChI=1S/C12H10N2O3/c15-12-14-10-6-8(3-4-11(10)17-12)13-7-9-2-1-5-16-9/h1-6,13H,7H2,(H,14,15). The Hall–Kier alpha value is -2.43. The van der Waals surface area contributed by atoms with Crippen LogP contribution in [-0.4, -0.2) is 4.98 Å². The van der Waals surface area contributed by atoms with Crippen LogP contribution in [-0.2, 0) is 6.54 Å². The van der Waals surface area contributed by atoms with Crippen LogP contribution in [0.15, 0.2) is 50.2 Å². The first-order valence-electron chi connectivity index (χ1n) is 5.20. The van der Waals surface area contributed by atoms with Gasteiger partial charge >= 0.3 is 5.76 Å². The molecule has 0 aliphatic rings. The number of fused-ring (bicyclic) bond motifs is 1. The number of anilines is 1. The molecule has 3 aromatic rings. The van der Waals surface area contributed by atoms with Crippen LogP contribution in [0, 0.1) is 0 Å². The number of nitrogens with one attached hydrogen (secondary N) is 2. The summed E-state index contributed by atoms with van der Waals surface area (Å²) in [6, 6.07) is 9.15. The fraction of sp³-hybridized carbons (Fsp3) is 0.0833. The molecule has 0 radical (unpaired) electrons. The maximum Gasteiger partial charge on any atom is 0.417 e. The van der Waals surface area contributed by atoms with Crippen molar-refractivity contribution in [3.63, 3.8) is 0 Å². The number of hydrogen-bond acceptors (Lipinski definition) is 4. The third-order valence-corrected chi connectivity index (χ3v) is 2.47. The molecule has 0 amide bonds. The zero-order valence-corrected chi connectivity index (χ0v) is 8.90. The van der Waals surface area contributed by atoms with Crippen LogP contribution in [0.4, 0.5) is 5.69 Å². The third kappa shape index (κ3) is 1.94. The Labute approximate surface area is 96.1 Å². The fourth-order valence-corrected chi connectivity index (χ4v) is 1.66. The van der Waals surface area contributed by atoms with Gasteiger partial charge < -0.3 is 14.2 Å². The van der Waals surface area contributed by atoms with E-state index in [0.29, 0.717) is 17.6 Å². The molecule has 0 fully saturated rings. The van der Waals surface area contributed by atoms with Crippen molar-refractivity contribution in [1.29, 1.82) is 0 Å². The summed E-state index contributed by atoms with van der Waals surface area (Å²) in [6.45, 7) is 0.598. The van der Waals surface area contributed by atoms with E-state index in [1.807, 2.05) is 24.3 Å². The number of aromatic amines is 1. The van der Waals surface area contributed by atoms with Crippen LogP contribution in [0.3, 0.4) is 0 Å². The summed E-state index contributed by atoms with van der Waals surface area (Å²) in [7, 11) is 0. The molecule has 0 aliphatic heterocycles. The van der Waals surface area contributed by atoms with Crippen LogP contribution in [0.5, 0.6) is 0 Å². The lowest BCUT2D eigenvalue weighted by atomic mass is 10.3. The van der Waals surface area contributed by atoms with E-state index in [1.165, 1.54) is 0 Å². The Kier molecular flexibility index (Phi) is 2.22. The molecule has 2 heterocycles. The molecule has 2 N–H and O–H groups in total. The lowest BCUT2D eigenvalue weighted by Gasteiger charge is -2.03. The van der Waals surface area contributed by atoms with Crippen molar-refractivity contribution in [2.75, 3.05) is 5.32 Å². The smallest absolute Gasteiger partial charge is 0.417 e. The van der Waals surface area contributed by atoms with Crippen molar-refractivity contribution in [2.45, 2.75) is 6.54 Å². The van der Waals surface area contributed by atoms with Gasteiger partial charge in [-0.05, 0) is 30.3 Å². The molecule has 86 valence electrons. The molecule has 0 saturated heterocycles. The fourth-order valence-electron chi connectivity index (χ4n) is 1.66. The van der Waals surface area contributed by atoms with Crippen LogP contribution in [0.25, 0.3) is 11.1 Å². The van der Waals surface area contributed by atoms with Crippen LogP contribution >= 0.6 is 0 Å². The molecule has 3 rings (SSSR count). The average Bonchev–Trinajstić information content (AvgIpc) is 2.92. The number of H-pyrrole nitrogens is 1. The normalized spacial score (nSPS) is 10.8. The molecular weight excluding hydrogens is 220 g/mol. The van der Waals surface area contributed by atoms with Gasteiger partial charge in [0.2, 0.25) is 0 Å². The minimum absolute atomic E-state index is 0.441. The molecule has 0 saturated carbocycles.